The minimum atomic E-state index is -0.907. The van der Waals surface area contributed by atoms with Crippen LogP contribution in [0.4, 0.5) is 0 Å². The SMILES string of the molecule is C=CCOOc1c(Cc2[nH]c(/C=C3\NC(=O)C(C=C)=C3C)c(C)c2CCC(=O)O)[nH]c(/C=C2\NC(=O)C(C)=C2C=C)c1C. The molecule has 10 nitrogen and oxygen atoms in total. The van der Waals surface area contributed by atoms with Crippen LogP contribution in [-0.4, -0.2) is 39.5 Å². The van der Waals surface area contributed by atoms with Gasteiger partial charge in [-0.05, 0) is 63.0 Å². The largest absolute Gasteiger partial charge is 0.481 e. The third-order valence-corrected chi connectivity index (χ3v) is 7.65. The summed E-state index contributed by atoms with van der Waals surface area (Å²) in [5.41, 5.74) is 9.20. The standard InChI is InChI=1S/C33H36N4O6/c1-8-13-42-43-31-20(7)26(15-27-21(9-2)19(6)32(40)37-27)35-29(31)16-28-23(11-12-30(38)39)18(5)24(34-28)14-25-17(4)22(10-3)33(41)36-25/h8-10,14-15,34-35H,1-3,11-13,16H2,4-7H3,(H,36,41)(H,37,40)(H,38,39)/b25-14-,27-15-. The predicted molar refractivity (Wildman–Crippen MR) is 165 cm³/mol. The van der Waals surface area contributed by atoms with Gasteiger partial charge in [-0.1, -0.05) is 31.4 Å². The number of hydrogen-bond acceptors (Lipinski definition) is 5. The Bertz CT molecular complexity index is 1670. The van der Waals surface area contributed by atoms with Crippen molar-refractivity contribution in [2.24, 2.45) is 0 Å². The maximum atomic E-state index is 12.3. The minimum absolute atomic E-state index is 0.0550. The van der Waals surface area contributed by atoms with Crippen molar-refractivity contribution in [2.75, 3.05) is 6.61 Å². The highest BCUT2D eigenvalue weighted by atomic mass is 17.2. The van der Waals surface area contributed by atoms with Gasteiger partial charge < -0.3 is 30.6 Å². The lowest BCUT2D eigenvalue weighted by atomic mass is 10.0. The van der Waals surface area contributed by atoms with Gasteiger partial charge in [0.05, 0.1) is 11.4 Å². The Balaban J connectivity index is 1.79. The molecule has 4 rings (SSSR count). The molecule has 2 aliphatic heterocycles. The molecule has 2 aromatic rings. The summed E-state index contributed by atoms with van der Waals surface area (Å²) in [6, 6.07) is 0. The third-order valence-electron chi connectivity index (χ3n) is 7.65. The third kappa shape index (κ3) is 6.24. The lowest BCUT2D eigenvalue weighted by Crippen LogP contribution is -2.15. The topological polar surface area (TPSA) is 146 Å². The first-order valence-electron chi connectivity index (χ1n) is 13.8. The summed E-state index contributed by atoms with van der Waals surface area (Å²) in [5, 5.41) is 15.2. The number of hydrogen-bond donors (Lipinski definition) is 5. The first-order valence-corrected chi connectivity index (χ1v) is 13.8. The number of H-pyrrole nitrogens is 2. The summed E-state index contributed by atoms with van der Waals surface area (Å²) in [6.07, 6.45) is 8.97. The Labute approximate surface area is 250 Å². The molecule has 2 aliphatic rings. The maximum absolute atomic E-state index is 12.3. The van der Waals surface area contributed by atoms with Gasteiger partial charge in [0.25, 0.3) is 11.8 Å². The number of aromatic nitrogens is 2. The van der Waals surface area contributed by atoms with Crippen molar-refractivity contribution in [3.05, 3.63) is 111 Å². The molecular weight excluding hydrogens is 548 g/mol. The lowest BCUT2D eigenvalue weighted by Gasteiger charge is -2.08. The predicted octanol–water partition coefficient (Wildman–Crippen LogP) is 5.01. The minimum Gasteiger partial charge on any atom is -0.481 e. The maximum Gasteiger partial charge on any atom is 0.303 e. The van der Waals surface area contributed by atoms with Gasteiger partial charge in [0.1, 0.15) is 6.61 Å². The molecule has 10 heteroatoms. The number of carbonyl (C=O) groups excluding carboxylic acids is 2. The van der Waals surface area contributed by atoms with Crippen LogP contribution < -0.4 is 15.5 Å². The number of carbonyl (C=O) groups is 3. The Morgan fingerprint density at radius 3 is 2.09 bits per heavy atom. The number of nitrogens with one attached hydrogen (secondary N) is 4. The Hall–Kier alpha value is -5.09. The number of carboxylic acid groups (broad SMARTS) is 1. The quantitative estimate of drug-likeness (QED) is 0.0969. The molecule has 0 atom stereocenters. The highest BCUT2D eigenvalue weighted by Gasteiger charge is 2.26. The van der Waals surface area contributed by atoms with Gasteiger partial charge in [0, 0.05) is 57.9 Å². The molecule has 224 valence electrons. The van der Waals surface area contributed by atoms with Gasteiger partial charge in [-0.25, -0.2) is 0 Å². The molecule has 0 bridgehead atoms. The van der Waals surface area contributed by atoms with E-state index in [-0.39, 0.29) is 24.8 Å². The lowest BCUT2D eigenvalue weighted by molar-refractivity contribution is -0.196. The zero-order chi connectivity index (χ0) is 31.4. The Morgan fingerprint density at radius 2 is 1.47 bits per heavy atom. The van der Waals surface area contributed by atoms with Crippen LogP contribution >= 0.6 is 0 Å². The number of aliphatic carboxylic acids is 1. The first kappa shape index (κ1) is 30.9. The van der Waals surface area contributed by atoms with E-state index < -0.39 is 5.97 Å². The molecule has 0 unspecified atom stereocenters. The molecule has 0 radical (unpaired) electrons. The van der Waals surface area contributed by atoms with E-state index in [1.807, 2.05) is 32.9 Å². The van der Waals surface area contributed by atoms with Crippen LogP contribution in [0, 0.1) is 13.8 Å². The van der Waals surface area contributed by atoms with Crippen molar-refractivity contribution in [2.45, 2.75) is 47.0 Å². The fraction of sp³-hybridized carbons (Fsp3) is 0.242. The van der Waals surface area contributed by atoms with Crippen molar-refractivity contribution in [3.63, 3.8) is 0 Å². The van der Waals surface area contributed by atoms with Crippen molar-refractivity contribution < 1.29 is 29.3 Å². The average Bonchev–Trinajstić information content (AvgIpc) is 3.60. The van der Waals surface area contributed by atoms with Crippen LogP contribution in [0.3, 0.4) is 0 Å². The van der Waals surface area contributed by atoms with E-state index in [2.05, 4.69) is 40.3 Å². The summed E-state index contributed by atoms with van der Waals surface area (Å²) in [6.45, 7) is 18.8. The second-order valence-corrected chi connectivity index (χ2v) is 10.3. The molecule has 0 aromatic carbocycles. The summed E-state index contributed by atoms with van der Waals surface area (Å²) >= 11 is 0. The molecule has 0 aliphatic carbocycles. The summed E-state index contributed by atoms with van der Waals surface area (Å²) in [7, 11) is 0. The van der Waals surface area contributed by atoms with Crippen molar-refractivity contribution in [3.8, 4) is 5.75 Å². The molecule has 43 heavy (non-hydrogen) atoms. The molecule has 5 N–H and O–H groups in total. The molecule has 2 aromatic heterocycles. The molecule has 4 heterocycles. The zero-order valence-electron chi connectivity index (χ0n) is 24.8. The van der Waals surface area contributed by atoms with Crippen LogP contribution in [-0.2, 0) is 32.1 Å². The normalized spacial score (nSPS) is 16.7. The summed E-state index contributed by atoms with van der Waals surface area (Å²) in [5.74, 6) is -0.850. The highest BCUT2D eigenvalue weighted by molar-refractivity contribution is 6.03. The number of rotatable bonds is 13. The first-order chi connectivity index (χ1) is 20.5. The summed E-state index contributed by atoms with van der Waals surface area (Å²) in [4.78, 5) is 54.1. The van der Waals surface area contributed by atoms with Crippen molar-refractivity contribution in [1.82, 2.24) is 20.6 Å². The Morgan fingerprint density at radius 1 is 0.837 bits per heavy atom. The second kappa shape index (κ2) is 12.8. The average molecular weight is 585 g/mol. The van der Waals surface area contributed by atoms with Crippen molar-refractivity contribution in [1.29, 1.82) is 0 Å². The smallest absolute Gasteiger partial charge is 0.303 e. The van der Waals surface area contributed by atoms with Gasteiger partial charge in [-0.2, -0.15) is 4.89 Å². The number of amides is 2. The second-order valence-electron chi connectivity index (χ2n) is 10.3. The summed E-state index contributed by atoms with van der Waals surface area (Å²) < 4.78 is 0. The number of carboxylic acids is 1. The molecular formula is C33H36N4O6. The monoisotopic (exact) mass is 584 g/mol. The van der Waals surface area contributed by atoms with Gasteiger partial charge in [0.15, 0.2) is 5.75 Å². The van der Waals surface area contributed by atoms with E-state index >= 15 is 0 Å². The van der Waals surface area contributed by atoms with E-state index in [4.69, 9.17) is 9.78 Å². The van der Waals surface area contributed by atoms with Crippen LogP contribution in [0.2, 0.25) is 0 Å². The molecule has 0 saturated heterocycles. The molecule has 0 spiro atoms. The van der Waals surface area contributed by atoms with Gasteiger partial charge in [-0.15, -0.1) is 6.58 Å². The van der Waals surface area contributed by atoms with E-state index in [0.29, 0.717) is 58.1 Å². The van der Waals surface area contributed by atoms with Gasteiger partial charge in [-0.3, -0.25) is 14.4 Å². The van der Waals surface area contributed by atoms with Gasteiger partial charge in [0.2, 0.25) is 0 Å². The molecule has 2 amide bonds. The Kier molecular flexibility index (Phi) is 9.21. The number of allylic oxidation sites excluding steroid dienone is 2. The van der Waals surface area contributed by atoms with E-state index in [0.717, 1.165) is 33.7 Å². The van der Waals surface area contributed by atoms with E-state index in [1.165, 1.54) is 6.08 Å². The number of aromatic amines is 2. The van der Waals surface area contributed by atoms with E-state index in [9.17, 15) is 19.5 Å². The van der Waals surface area contributed by atoms with Crippen LogP contribution in [0.15, 0.2) is 71.7 Å². The zero-order valence-corrected chi connectivity index (χ0v) is 24.8. The van der Waals surface area contributed by atoms with Crippen LogP contribution in [0.1, 0.15) is 59.7 Å². The highest BCUT2D eigenvalue weighted by Crippen LogP contribution is 2.34. The van der Waals surface area contributed by atoms with Gasteiger partial charge >= 0.3 is 5.97 Å². The van der Waals surface area contributed by atoms with Crippen LogP contribution in [0.25, 0.3) is 12.2 Å². The van der Waals surface area contributed by atoms with Crippen molar-refractivity contribution >= 4 is 29.9 Å². The fourth-order valence-electron chi connectivity index (χ4n) is 5.21. The van der Waals surface area contributed by atoms with Crippen LogP contribution in [0.5, 0.6) is 5.75 Å². The molecule has 0 fully saturated rings. The van der Waals surface area contributed by atoms with E-state index in [1.54, 1.807) is 19.1 Å². The fourth-order valence-corrected chi connectivity index (χ4v) is 5.21. The molecule has 0 saturated carbocycles.